The van der Waals surface area contributed by atoms with Gasteiger partial charge in [0.1, 0.15) is 11.4 Å². The Hall–Kier alpha value is -3.41. The highest BCUT2D eigenvalue weighted by molar-refractivity contribution is 6.03. The number of hydrogen-bond acceptors (Lipinski definition) is 5. The minimum Gasteiger partial charge on any atom is -0.495 e. The van der Waals surface area contributed by atoms with E-state index in [1.165, 1.54) is 0 Å². The molecule has 3 rings (SSSR count). The molecule has 0 aliphatic carbocycles. The molecule has 132 valence electrons. The first-order valence-electron chi connectivity index (χ1n) is 8.33. The molecule has 26 heavy (non-hydrogen) atoms. The summed E-state index contributed by atoms with van der Waals surface area (Å²) >= 11 is 0. The van der Waals surface area contributed by atoms with E-state index in [4.69, 9.17) is 4.74 Å². The number of hydrogen-bond donors (Lipinski definition) is 1. The molecule has 0 aliphatic heterocycles. The first-order valence-corrected chi connectivity index (χ1v) is 8.33. The van der Waals surface area contributed by atoms with E-state index in [9.17, 15) is 4.79 Å². The van der Waals surface area contributed by atoms with Crippen molar-refractivity contribution in [2.24, 2.45) is 0 Å². The molecule has 1 aromatic heterocycles. The predicted octanol–water partition coefficient (Wildman–Crippen LogP) is 3.90. The zero-order valence-corrected chi connectivity index (χ0v) is 14.7. The van der Waals surface area contributed by atoms with Crippen LogP contribution in [0.5, 0.6) is 5.75 Å². The summed E-state index contributed by atoms with van der Waals surface area (Å²) in [5.41, 5.74) is 1.85. The van der Waals surface area contributed by atoms with Gasteiger partial charge in [0.05, 0.1) is 12.8 Å². The van der Waals surface area contributed by atoms with Gasteiger partial charge in [0, 0.05) is 18.4 Å². The van der Waals surface area contributed by atoms with E-state index in [1.807, 2.05) is 54.3 Å². The maximum absolute atomic E-state index is 12.6. The number of ether oxygens (including phenoxy) is 1. The third-order valence-corrected chi connectivity index (χ3v) is 3.86. The molecular formula is C20H20N4O2. The molecule has 0 unspecified atom stereocenters. The van der Waals surface area contributed by atoms with Crippen molar-refractivity contribution in [1.82, 2.24) is 9.97 Å². The average Bonchev–Trinajstić information content (AvgIpc) is 2.70. The Morgan fingerprint density at radius 2 is 1.81 bits per heavy atom. The van der Waals surface area contributed by atoms with E-state index >= 15 is 0 Å². The molecule has 0 aliphatic rings. The Labute approximate surface area is 152 Å². The number of amides is 1. The van der Waals surface area contributed by atoms with Gasteiger partial charge in [0.25, 0.3) is 5.91 Å². The predicted molar refractivity (Wildman–Crippen MR) is 102 cm³/mol. The fourth-order valence-corrected chi connectivity index (χ4v) is 2.59. The fraction of sp³-hybridized carbons (Fsp3) is 0.150. The summed E-state index contributed by atoms with van der Waals surface area (Å²) in [6.07, 6.45) is 1.59. The Morgan fingerprint density at radius 3 is 2.54 bits per heavy atom. The van der Waals surface area contributed by atoms with Gasteiger partial charge in [0.2, 0.25) is 5.95 Å². The second-order valence-electron chi connectivity index (χ2n) is 5.48. The van der Waals surface area contributed by atoms with Crippen molar-refractivity contribution in [2.75, 3.05) is 23.9 Å². The molecule has 6 nitrogen and oxygen atoms in total. The zero-order chi connectivity index (χ0) is 18.4. The van der Waals surface area contributed by atoms with Crippen LogP contribution in [0.1, 0.15) is 17.4 Å². The lowest BCUT2D eigenvalue weighted by Crippen LogP contribution is -2.21. The lowest BCUT2D eigenvalue weighted by molar-refractivity contribution is 0.102. The number of aromatic nitrogens is 2. The fourth-order valence-electron chi connectivity index (χ4n) is 2.59. The van der Waals surface area contributed by atoms with Gasteiger partial charge in [-0.3, -0.25) is 4.79 Å². The van der Waals surface area contributed by atoms with Crippen molar-refractivity contribution in [2.45, 2.75) is 6.92 Å². The molecular weight excluding hydrogens is 328 g/mol. The number of carbonyl (C=O) groups is 1. The number of benzene rings is 2. The third kappa shape index (κ3) is 3.80. The van der Waals surface area contributed by atoms with Crippen molar-refractivity contribution < 1.29 is 9.53 Å². The molecule has 1 heterocycles. The van der Waals surface area contributed by atoms with Gasteiger partial charge < -0.3 is 15.0 Å². The minimum atomic E-state index is -0.317. The number of anilines is 3. The molecule has 0 saturated heterocycles. The van der Waals surface area contributed by atoms with Crippen LogP contribution in [-0.4, -0.2) is 29.5 Å². The second-order valence-corrected chi connectivity index (χ2v) is 5.48. The van der Waals surface area contributed by atoms with Crippen molar-refractivity contribution >= 4 is 23.2 Å². The van der Waals surface area contributed by atoms with E-state index in [1.54, 1.807) is 31.5 Å². The molecule has 2 aromatic carbocycles. The summed E-state index contributed by atoms with van der Waals surface area (Å²) in [5.74, 6) is 0.753. The molecule has 1 amide bonds. The highest BCUT2D eigenvalue weighted by atomic mass is 16.5. The van der Waals surface area contributed by atoms with E-state index in [0.29, 0.717) is 23.9 Å². The van der Waals surface area contributed by atoms with E-state index < -0.39 is 0 Å². The maximum atomic E-state index is 12.6. The first kappa shape index (κ1) is 17.4. The van der Waals surface area contributed by atoms with Crippen LogP contribution >= 0.6 is 0 Å². The number of para-hydroxylation sites is 3. The molecule has 0 fully saturated rings. The number of nitrogens with zero attached hydrogens (tertiary/aromatic N) is 3. The quantitative estimate of drug-likeness (QED) is 0.732. The van der Waals surface area contributed by atoms with Gasteiger partial charge in [-0.05, 0) is 37.3 Å². The van der Waals surface area contributed by atoms with Crippen LogP contribution in [0, 0.1) is 0 Å². The molecule has 0 atom stereocenters. The van der Waals surface area contributed by atoms with Gasteiger partial charge in [0.15, 0.2) is 0 Å². The maximum Gasteiger partial charge on any atom is 0.274 e. The van der Waals surface area contributed by atoms with Gasteiger partial charge >= 0.3 is 0 Å². The highest BCUT2D eigenvalue weighted by Crippen LogP contribution is 2.24. The van der Waals surface area contributed by atoms with Crippen LogP contribution in [0.4, 0.5) is 17.3 Å². The summed E-state index contributed by atoms with van der Waals surface area (Å²) in [7, 11) is 1.56. The van der Waals surface area contributed by atoms with Crippen LogP contribution in [0.25, 0.3) is 0 Å². The van der Waals surface area contributed by atoms with Gasteiger partial charge in [-0.25, -0.2) is 9.97 Å². The standard InChI is InChI=1S/C20H20N4O2/c1-3-24(15-9-5-4-6-10-15)20-21-14-13-17(23-20)19(25)22-16-11-7-8-12-18(16)26-2/h4-14H,3H2,1-2H3,(H,22,25). The molecule has 0 radical (unpaired) electrons. The lowest BCUT2D eigenvalue weighted by atomic mass is 10.2. The summed E-state index contributed by atoms with van der Waals surface area (Å²) in [6, 6.07) is 18.7. The van der Waals surface area contributed by atoms with Crippen LogP contribution < -0.4 is 15.0 Å². The van der Waals surface area contributed by atoms with E-state index in [-0.39, 0.29) is 11.6 Å². The third-order valence-electron chi connectivity index (χ3n) is 3.86. The summed E-state index contributed by atoms with van der Waals surface area (Å²) < 4.78 is 5.26. The summed E-state index contributed by atoms with van der Waals surface area (Å²) in [5, 5.41) is 2.83. The highest BCUT2D eigenvalue weighted by Gasteiger charge is 2.15. The number of carbonyl (C=O) groups excluding carboxylic acids is 1. The van der Waals surface area contributed by atoms with Crippen LogP contribution in [0.3, 0.4) is 0 Å². The average molecular weight is 348 g/mol. The van der Waals surface area contributed by atoms with Crippen molar-refractivity contribution in [3.8, 4) is 5.75 Å². The molecule has 0 spiro atoms. The second kappa shape index (κ2) is 8.11. The minimum absolute atomic E-state index is 0.287. The topological polar surface area (TPSA) is 67.4 Å². The summed E-state index contributed by atoms with van der Waals surface area (Å²) in [6.45, 7) is 2.69. The Balaban J connectivity index is 1.85. The van der Waals surface area contributed by atoms with E-state index in [0.717, 1.165) is 5.69 Å². The van der Waals surface area contributed by atoms with Gasteiger partial charge in [-0.1, -0.05) is 30.3 Å². The van der Waals surface area contributed by atoms with Crippen molar-refractivity contribution in [3.05, 3.63) is 72.6 Å². The van der Waals surface area contributed by atoms with Crippen molar-refractivity contribution in [1.29, 1.82) is 0 Å². The Kier molecular flexibility index (Phi) is 5.43. The van der Waals surface area contributed by atoms with Crippen LogP contribution in [0.15, 0.2) is 66.9 Å². The molecule has 0 bridgehead atoms. The number of rotatable bonds is 6. The molecule has 0 saturated carbocycles. The van der Waals surface area contributed by atoms with Crippen LogP contribution in [0.2, 0.25) is 0 Å². The molecule has 1 N–H and O–H groups in total. The lowest BCUT2D eigenvalue weighted by Gasteiger charge is -2.21. The Bertz CT molecular complexity index is 884. The Morgan fingerprint density at radius 1 is 1.08 bits per heavy atom. The van der Waals surface area contributed by atoms with E-state index in [2.05, 4.69) is 15.3 Å². The van der Waals surface area contributed by atoms with Crippen molar-refractivity contribution in [3.63, 3.8) is 0 Å². The van der Waals surface area contributed by atoms with Crippen LogP contribution in [-0.2, 0) is 0 Å². The number of nitrogens with one attached hydrogen (secondary N) is 1. The molecule has 6 heteroatoms. The SMILES string of the molecule is CCN(c1ccccc1)c1nccc(C(=O)Nc2ccccc2OC)n1. The largest absolute Gasteiger partial charge is 0.495 e. The number of methoxy groups -OCH3 is 1. The van der Waals surface area contributed by atoms with Gasteiger partial charge in [-0.2, -0.15) is 0 Å². The zero-order valence-electron chi connectivity index (χ0n) is 14.7. The molecule has 3 aromatic rings. The normalized spacial score (nSPS) is 10.2. The monoisotopic (exact) mass is 348 g/mol. The first-order chi connectivity index (χ1) is 12.7. The smallest absolute Gasteiger partial charge is 0.274 e. The van der Waals surface area contributed by atoms with Gasteiger partial charge in [-0.15, -0.1) is 0 Å². The summed E-state index contributed by atoms with van der Waals surface area (Å²) in [4.78, 5) is 23.3.